The molecule has 0 aromatic carbocycles. The van der Waals surface area contributed by atoms with Crippen LogP contribution in [0.25, 0.3) is 0 Å². The monoisotopic (exact) mass is 276 g/mol. The van der Waals surface area contributed by atoms with Gasteiger partial charge in [-0.05, 0) is 32.5 Å². The van der Waals surface area contributed by atoms with Gasteiger partial charge in [0.25, 0.3) is 5.91 Å². The van der Waals surface area contributed by atoms with Gasteiger partial charge in [0.05, 0.1) is 0 Å². The largest absolute Gasteiger partial charge is 0.370 e. The van der Waals surface area contributed by atoms with Crippen LogP contribution in [0, 0.1) is 0 Å². The van der Waals surface area contributed by atoms with Crippen LogP contribution >= 0.6 is 0 Å². The number of nitrogens with zero attached hydrogens (tertiary/aromatic N) is 3. The van der Waals surface area contributed by atoms with E-state index in [1.54, 1.807) is 12.3 Å². The summed E-state index contributed by atoms with van der Waals surface area (Å²) in [5.74, 6) is 0.873. The molecule has 5 heteroatoms. The fourth-order valence-electron chi connectivity index (χ4n) is 2.60. The second kappa shape index (κ2) is 6.70. The molecule has 1 aliphatic heterocycles. The highest BCUT2D eigenvalue weighted by molar-refractivity contribution is 5.94. The Kier molecular flexibility index (Phi) is 4.95. The van der Waals surface area contributed by atoms with Crippen molar-refractivity contribution >= 4 is 11.7 Å². The molecule has 1 amide bonds. The molecule has 1 fully saturated rings. The van der Waals surface area contributed by atoms with Crippen LogP contribution in [0.1, 0.15) is 30.6 Å². The van der Waals surface area contributed by atoms with E-state index in [1.807, 2.05) is 17.9 Å². The third-order valence-corrected chi connectivity index (χ3v) is 3.90. The van der Waals surface area contributed by atoms with E-state index in [2.05, 4.69) is 29.2 Å². The Morgan fingerprint density at radius 2 is 2.25 bits per heavy atom. The second-order valence-electron chi connectivity index (χ2n) is 5.25. The van der Waals surface area contributed by atoms with Crippen molar-refractivity contribution in [1.29, 1.82) is 0 Å². The molecule has 2 heterocycles. The quantitative estimate of drug-likeness (QED) is 0.909. The first-order valence-electron chi connectivity index (χ1n) is 7.35. The smallest absolute Gasteiger partial charge is 0.254 e. The summed E-state index contributed by atoms with van der Waals surface area (Å²) in [7, 11) is 2.13. The summed E-state index contributed by atoms with van der Waals surface area (Å²) >= 11 is 0. The Balaban J connectivity index is 2.09. The summed E-state index contributed by atoms with van der Waals surface area (Å²) < 4.78 is 0. The molecule has 1 unspecified atom stereocenters. The van der Waals surface area contributed by atoms with Gasteiger partial charge in [-0.2, -0.15) is 0 Å². The first kappa shape index (κ1) is 14.8. The average Bonchev–Trinajstić information content (AvgIpc) is 2.48. The van der Waals surface area contributed by atoms with Gasteiger partial charge in [0, 0.05) is 44.0 Å². The molecule has 110 valence electrons. The van der Waals surface area contributed by atoms with E-state index < -0.39 is 0 Å². The van der Waals surface area contributed by atoms with Gasteiger partial charge in [-0.1, -0.05) is 6.92 Å². The van der Waals surface area contributed by atoms with Crippen LogP contribution in [0.3, 0.4) is 0 Å². The van der Waals surface area contributed by atoms with Crippen LogP contribution in [-0.4, -0.2) is 60.0 Å². The van der Waals surface area contributed by atoms with Crippen LogP contribution in [-0.2, 0) is 0 Å². The fourth-order valence-corrected chi connectivity index (χ4v) is 2.60. The molecule has 1 aliphatic rings. The van der Waals surface area contributed by atoms with Gasteiger partial charge in [-0.25, -0.2) is 4.98 Å². The molecule has 0 spiro atoms. The van der Waals surface area contributed by atoms with E-state index in [0.29, 0.717) is 6.04 Å². The van der Waals surface area contributed by atoms with Gasteiger partial charge in [-0.15, -0.1) is 0 Å². The van der Waals surface area contributed by atoms with Crippen molar-refractivity contribution in [2.24, 2.45) is 0 Å². The molecule has 5 nitrogen and oxygen atoms in total. The van der Waals surface area contributed by atoms with E-state index in [4.69, 9.17) is 0 Å². The zero-order valence-electron chi connectivity index (χ0n) is 12.6. The summed E-state index contributed by atoms with van der Waals surface area (Å²) in [4.78, 5) is 21.1. The van der Waals surface area contributed by atoms with Gasteiger partial charge < -0.3 is 10.2 Å². The SMILES string of the molecule is CCNc1cc(C(=O)N2CCN(C)C(CC)C2)ccn1. The number of carbonyl (C=O) groups excluding carboxylic acids is 1. The molecule has 20 heavy (non-hydrogen) atoms. The Morgan fingerprint density at radius 1 is 1.45 bits per heavy atom. The predicted molar refractivity (Wildman–Crippen MR) is 81.0 cm³/mol. The van der Waals surface area contributed by atoms with Gasteiger partial charge in [0.15, 0.2) is 0 Å². The second-order valence-corrected chi connectivity index (χ2v) is 5.25. The number of carbonyl (C=O) groups is 1. The normalized spacial score (nSPS) is 19.9. The Morgan fingerprint density at radius 3 is 2.95 bits per heavy atom. The molecule has 0 saturated carbocycles. The Hall–Kier alpha value is -1.62. The van der Waals surface area contributed by atoms with Gasteiger partial charge >= 0.3 is 0 Å². The van der Waals surface area contributed by atoms with Crippen LogP contribution in [0.5, 0.6) is 0 Å². The topological polar surface area (TPSA) is 48.5 Å². The first-order chi connectivity index (χ1) is 9.65. The average molecular weight is 276 g/mol. The highest BCUT2D eigenvalue weighted by Gasteiger charge is 2.26. The maximum atomic E-state index is 12.6. The van der Waals surface area contributed by atoms with Crippen molar-refractivity contribution in [1.82, 2.24) is 14.8 Å². The molecule has 1 saturated heterocycles. The number of hydrogen-bond donors (Lipinski definition) is 1. The van der Waals surface area contributed by atoms with Gasteiger partial charge in [0.1, 0.15) is 5.82 Å². The lowest BCUT2D eigenvalue weighted by molar-refractivity contribution is 0.0542. The maximum absolute atomic E-state index is 12.6. The minimum Gasteiger partial charge on any atom is -0.370 e. The van der Waals surface area contributed by atoms with Crippen LogP contribution in [0.2, 0.25) is 0 Å². The number of nitrogens with one attached hydrogen (secondary N) is 1. The molecule has 2 rings (SSSR count). The molecule has 1 aromatic heterocycles. The van der Waals surface area contributed by atoms with E-state index >= 15 is 0 Å². The molecule has 0 radical (unpaired) electrons. The summed E-state index contributed by atoms with van der Waals surface area (Å²) in [6.07, 6.45) is 2.76. The lowest BCUT2D eigenvalue weighted by Gasteiger charge is -2.39. The van der Waals surface area contributed by atoms with Gasteiger partial charge in [-0.3, -0.25) is 9.69 Å². The summed E-state index contributed by atoms with van der Waals surface area (Å²) in [6, 6.07) is 4.09. The zero-order valence-corrected chi connectivity index (χ0v) is 12.6. The van der Waals surface area contributed by atoms with Crippen molar-refractivity contribution in [3.05, 3.63) is 23.9 Å². The fraction of sp³-hybridized carbons (Fsp3) is 0.600. The number of aromatic nitrogens is 1. The first-order valence-corrected chi connectivity index (χ1v) is 7.35. The highest BCUT2D eigenvalue weighted by atomic mass is 16.2. The van der Waals surface area contributed by atoms with Crippen LogP contribution < -0.4 is 5.32 Å². The lowest BCUT2D eigenvalue weighted by atomic mass is 10.1. The maximum Gasteiger partial charge on any atom is 0.254 e. The number of piperazine rings is 1. The molecule has 0 bridgehead atoms. The van der Waals surface area contributed by atoms with Crippen LogP contribution in [0.4, 0.5) is 5.82 Å². The van der Waals surface area contributed by atoms with E-state index in [0.717, 1.165) is 44.0 Å². The Labute approximate surface area is 121 Å². The van der Waals surface area contributed by atoms with E-state index in [1.165, 1.54) is 0 Å². The standard InChI is InChI=1S/C15H24N4O/c1-4-13-11-19(9-8-18(13)3)15(20)12-6-7-17-14(10-12)16-5-2/h6-7,10,13H,4-5,8-9,11H2,1-3H3,(H,16,17). The van der Waals surface area contributed by atoms with Crippen molar-refractivity contribution in [2.75, 3.05) is 38.5 Å². The minimum atomic E-state index is 0.109. The molecule has 1 atom stereocenters. The van der Waals surface area contributed by atoms with Crippen molar-refractivity contribution in [3.8, 4) is 0 Å². The van der Waals surface area contributed by atoms with E-state index in [-0.39, 0.29) is 5.91 Å². The number of amides is 1. The van der Waals surface area contributed by atoms with Crippen molar-refractivity contribution in [2.45, 2.75) is 26.3 Å². The molecule has 1 aromatic rings. The molecule has 0 aliphatic carbocycles. The predicted octanol–water partition coefficient (Wildman–Crippen LogP) is 1.68. The molecular formula is C15H24N4O. The zero-order chi connectivity index (χ0) is 14.5. The summed E-state index contributed by atoms with van der Waals surface area (Å²) in [5, 5.41) is 3.14. The number of anilines is 1. The number of rotatable bonds is 4. The van der Waals surface area contributed by atoms with Crippen molar-refractivity contribution in [3.63, 3.8) is 0 Å². The summed E-state index contributed by atoms with van der Waals surface area (Å²) in [6.45, 7) is 7.54. The lowest BCUT2D eigenvalue weighted by Crippen LogP contribution is -2.52. The van der Waals surface area contributed by atoms with E-state index in [9.17, 15) is 4.79 Å². The van der Waals surface area contributed by atoms with Crippen LogP contribution in [0.15, 0.2) is 18.3 Å². The number of likely N-dealkylation sites (N-methyl/N-ethyl adjacent to an activating group) is 1. The third-order valence-electron chi connectivity index (χ3n) is 3.90. The number of hydrogen-bond acceptors (Lipinski definition) is 4. The molecular weight excluding hydrogens is 252 g/mol. The highest BCUT2D eigenvalue weighted by Crippen LogP contribution is 2.15. The minimum absolute atomic E-state index is 0.109. The summed E-state index contributed by atoms with van der Waals surface area (Å²) in [5.41, 5.74) is 0.718. The number of pyridine rings is 1. The Bertz CT molecular complexity index is 463. The van der Waals surface area contributed by atoms with Crippen molar-refractivity contribution < 1.29 is 4.79 Å². The molecule has 1 N–H and O–H groups in total. The third kappa shape index (κ3) is 3.28. The van der Waals surface area contributed by atoms with Gasteiger partial charge in [0.2, 0.25) is 0 Å².